The van der Waals surface area contributed by atoms with E-state index in [1.54, 1.807) is 25.3 Å². The minimum absolute atomic E-state index is 0.129. The van der Waals surface area contributed by atoms with E-state index in [9.17, 15) is 9.59 Å². The number of benzene rings is 2. The summed E-state index contributed by atoms with van der Waals surface area (Å²) in [5, 5.41) is 2.89. The van der Waals surface area contributed by atoms with Crippen molar-refractivity contribution >= 4 is 23.2 Å². The Hall–Kier alpha value is -3.02. The summed E-state index contributed by atoms with van der Waals surface area (Å²) in [6.45, 7) is 2.68. The van der Waals surface area contributed by atoms with Crippen molar-refractivity contribution in [2.24, 2.45) is 0 Å². The molecule has 0 aliphatic carbocycles. The van der Waals surface area contributed by atoms with Crippen LogP contribution in [-0.4, -0.2) is 32.6 Å². The van der Waals surface area contributed by atoms with Crippen LogP contribution in [0, 0.1) is 6.92 Å². The highest BCUT2D eigenvalue weighted by molar-refractivity contribution is 6.07. The highest BCUT2D eigenvalue weighted by atomic mass is 16.5. The van der Waals surface area contributed by atoms with Gasteiger partial charge in [0.2, 0.25) is 5.91 Å². The van der Waals surface area contributed by atoms with Crippen LogP contribution in [0.4, 0.5) is 11.4 Å². The lowest BCUT2D eigenvalue weighted by Crippen LogP contribution is -2.35. The molecule has 1 saturated heterocycles. The molecule has 1 heterocycles. The molecule has 0 saturated carbocycles. The van der Waals surface area contributed by atoms with E-state index in [1.807, 2.05) is 30.0 Å². The lowest BCUT2D eigenvalue weighted by atomic mass is 10.1. The van der Waals surface area contributed by atoms with Gasteiger partial charge in [-0.05, 0) is 49.6 Å². The van der Waals surface area contributed by atoms with E-state index in [0.717, 1.165) is 24.1 Å². The molecule has 6 heteroatoms. The Bertz CT molecular complexity index is 863. The van der Waals surface area contributed by atoms with Gasteiger partial charge in [0.25, 0.3) is 5.91 Å². The number of carbonyl (C=O) groups excluding carboxylic acids is 2. The predicted octanol–water partition coefficient (Wildman–Crippen LogP) is 3.78. The number of piperidine rings is 1. The fourth-order valence-corrected chi connectivity index (χ4v) is 3.22. The largest absolute Gasteiger partial charge is 0.497 e. The second-order valence-corrected chi connectivity index (χ2v) is 6.52. The molecule has 0 spiro atoms. The fourth-order valence-electron chi connectivity index (χ4n) is 3.22. The van der Waals surface area contributed by atoms with Crippen molar-refractivity contribution in [3.05, 3.63) is 47.5 Å². The monoisotopic (exact) mass is 368 g/mol. The van der Waals surface area contributed by atoms with Gasteiger partial charge in [0.05, 0.1) is 19.8 Å². The summed E-state index contributed by atoms with van der Waals surface area (Å²) in [6.07, 6.45) is 2.49. The molecule has 2 amide bonds. The number of hydrogen-bond acceptors (Lipinski definition) is 4. The number of nitrogens with zero attached hydrogens (tertiary/aromatic N) is 1. The maximum atomic E-state index is 12.7. The lowest BCUT2D eigenvalue weighted by Gasteiger charge is -2.28. The van der Waals surface area contributed by atoms with Crippen molar-refractivity contribution in [2.75, 3.05) is 31.0 Å². The zero-order valence-corrected chi connectivity index (χ0v) is 15.9. The van der Waals surface area contributed by atoms with Crippen LogP contribution in [0.1, 0.15) is 35.2 Å². The smallest absolute Gasteiger partial charge is 0.259 e. The second-order valence-electron chi connectivity index (χ2n) is 6.52. The standard InChI is InChI=1S/C21H24N2O4/c1-14-7-8-15(12-18(14)23-11-5-4-6-20(23)24)22-21(25)17-10-9-16(26-2)13-19(17)27-3/h7-10,12-13H,4-6,11H2,1-3H3,(H,22,25). The number of anilines is 2. The maximum Gasteiger partial charge on any atom is 0.259 e. The Labute approximate surface area is 159 Å². The second kappa shape index (κ2) is 8.12. The van der Waals surface area contributed by atoms with Gasteiger partial charge in [-0.15, -0.1) is 0 Å². The molecule has 0 bridgehead atoms. The van der Waals surface area contributed by atoms with Crippen molar-refractivity contribution in [3.8, 4) is 11.5 Å². The van der Waals surface area contributed by atoms with Crippen molar-refractivity contribution < 1.29 is 19.1 Å². The van der Waals surface area contributed by atoms with Gasteiger partial charge in [-0.2, -0.15) is 0 Å². The van der Waals surface area contributed by atoms with E-state index >= 15 is 0 Å². The van der Waals surface area contributed by atoms with E-state index in [0.29, 0.717) is 35.7 Å². The average Bonchev–Trinajstić information content (AvgIpc) is 2.69. The van der Waals surface area contributed by atoms with E-state index < -0.39 is 0 Å². The summed E-state index contributed by atoms with van der Waals surface area (Å²) >= 11 is 0. The summed E-state index contributed by atoms with van der Waals surface area (Å²) in [4.78, 5) is 26.8. The molecule has 1 fully saturated rings. The Morgan fingerprint density at radius 2 is 1.89 bits per heavy atom. The number of methoxy groups -OCH3 is 2. The van der Waals surface area contributed by atoms with E-state index in [-0.39, 0.29) is 11.8 Å². The van der Waals surface area contributed by atoms with Crippen molar-refractivity contribution in [3.63, 3.8) is 0 Å². The highest BCUT2D eigenvalue weighted by Crippen LogP contribution is 2.29. The summed E-state index contributed by atoms with van der Waals surface area (Å²) in [5.74, 6) is 0.897. The molecule has 27 heavy (non-hydrogen) atoms. The molecule has 1 N–H and O–H groups in total. The predicted molar refractivity (Wildman–Crippen MR) is 105 cm³/mol. The average molecular weight is 368 g/mol. The topological polar surface area (TPSA) is 67.9 Å². The molecule has 1 aliphatic rings. The first-order valence-electron chi connectivity index (χ1n) is 8.98. The number of nitrogens with one attached hydrogen (secondary N) is 1. The van der Waals surface area contributed by atoms with Crippen LogP contribution in [0.15, 0.2) is 36.4 Å². The van der Waals surface area contributed by atoms with Crippen LogP contribution in [-0.2, 0) is 4.79 Å². The first-order valence-corrected chi connectivity index (χ1v) is 8.98. The van der Waals surface area contributed by atoms with Gasteiger partial charge in [-0.1, -0.05) is 6.07 Å². The van der Waals surface area contributed by atoms with Crippen LogP contribution in [0.5, 0.6) is 11.5 Å². The Morgan fingerprint density at radius 3 is 2.59 bits per heavy atom. The molecule has 0 aromatic heterocycles. The molecule has 1 aliphatic heterocycles. The zero-order chi connectivity index (χ0) is 19.4. The van der Waals surface area contributed by atoms with Gasteiger partial charge in [0.15, 0.2) is 0 Å². The lowest BCUT2D eigenvalue weighted by molar-refractivity contribution is -0.119. The molecular weight excluding hydrogens is 344 g/mol. The molecule has 0 radical (unpaired) electrons. The molecule has 3 rings (SSSR count). The van der Waals surface area contributed by atoms with Gasteiger partial charge in [0.1, 0.15) is 11.5 Å². The third-order valence-corrected chi connectivity index (χ3v) is 4.73. The van der Waals surface area contributed by atoms with Gasteiger partial charge in [0, 0.05) is 30.4 Å². The molecular formula is C21H24N2O4. The summed E-state index contributed by atoms with van der Waals surface area (Å²) in [6, 6.07) is 10.6. The molecule has 0 atom stereocenters. The molecule has 2 aromatic carbocycles. The summed E-state index contributed by atoms with van der Waals surface area (Å²) in [5.41, 5.74) is 2.90. The Balaban J connectivity index is 1.84. The molecule has 2 aromatic rings. The number of ether oxygens (including phenoxy) is 2. The van der Waals surface area contributed by atoms with Gasteiger partial charge < -0.3 is 19.7 Å². The SMILES string of the molecule is COc1ccc(C(=O)Nc2ccc(C)c(N3CCCCC3=O)c2)c(OC)c1. The Kier molecular flexibility index (Phi) is 5.64. The number of rotatable bonds is 5. The molecule has 0 unspecified atom stereocenters. The Morgan fingerprint density at radius 1 is 1.07 bits per heavy atom. The quantitative estimate of drug-likeness (QED) is 0.872. The van der Waals surface area contributed by atoms with Crippen LogP contribution >= 0.6 is 0 Å². The van der Waals surface area contributed by atoms with Gasteiger partial charge >= 0.3 is 0 Å². The van der Waals surface area contributed by atoms with Crippen molar-refractivity contribution in [2.45, 2.75) is 26.2 Å². The molecule has 6 nitrogen and oxygen atoms in total. The number of amides is 2. The third-order valence-electron chi connectivity index (χ3n) is 4.73. The number of carbonyl (C=O) groups is 2. The van der Waals surface area contributed by atoms with Gasteiger partial charge in [-0.3, -0.25) is 9.59 Å². The third kappa shape index (κ3) is 4.05. The van der Waals surface area contributed by atoms with Gasteiger partial charge in [-0.25, -0.2) is 0 Å². The highest BCUT2D eigenvalue weighted by Gasteiger charge is 2.22. The maximum absolute atomic E-state index is 12.7. The number of aryl methyl sites for hydroxylation is 1. The zero-order valence-electron chi connectivity index (χ0n) is 15.9. The minimum Gasteiger partial charge on any atom is -0.497 e. The van der Waals surface area contributed by atoms with Crippen LogP contribution in [0.25, 0.3) is 0 Å². The van der Waals surface area contributed by atoms with Crippen molar-refractivity contribution in [1.29, 1.82) is 0 Å². The molecule has 142 valence electrons. The van der Waals surface area contributed by atoms with Crippen LogP contribution in [0.3, 0.4) is 0 Å². The minimum atomic E-state index is -0.283. The van der Waals surface area contributed by atoms with Crippen molar-refractivity contribution in [1.82, 2.24) is 0 Å². The van der Waals surface area contributed by atoms with E-state index in [4.69, 9.17) is 9.47 Å². The van der Waals surface area contributed by atoms with Crippen LogP contribution < -0.4 is 19.7 Å². The fraction of sp³-hybridized carbons (Fsp3) is 0.333. The number of hydrogen-bond donors (Lipinski definition) is 1. The summed E-state index contributed by atoms with van der Waals surface area (Å²) in [7, 11) is 3.07. The van der Waals surface area contributed by atoms with E-state index in [2.05, 4.69) is 5.32 Å². The first kappa shape index (κ1) is 18.8. The summed E-state index contributed by atoms with van der Waals surface area (Å²) < 4.78 is 10.5. The first-order chi connectivity index (χ1) is 13.0. The van der Waals surface area contributed by atoms with E-state index in [1.165, 1.54) is 7.11 Å². The van der Waals surface area contributed by atoms with Crippen LogP contribution in [0.2, 0.25) is 0 Å². The normalized spacial score (nSPS) is 14.0.